The first kappa shape index (κ1) is 22.1. The molecule has 7 nitrogen and oxygen atoms in total. The fourth-order valence-corrected chi connectivity index (χ4v) is 4.82. The van der Waals surface area contributed by atoms with Crippen LogP contribution in [0.3, 0.4) is 0 Å². The summed E-state index contributed by atoms with van der Waals surface area (Å²) in [5, 5.41) is 0.320. The highest BCUT2D eigenvalue weighted by Gasteiger charge is 2.51. The molecule has 34 heavy (non-hydrogen) atoms. The van der Waals surface area contributed by atoms with Crippen molar-refractivity contribution in [3.05, 3.63) is 88.2 Å². The van der Waals surface area contributed by atoms with E-state index >= 15 is 0 Å². The predicted molar refractivity (Wildman–Crippen MR) is 127 cm³/mol. The number of aromatic nitrogens is 1. The van der Waals surface area contributed by atoms with Crippen LogP contribution in [0.25, 0.3) is 11.1 Å². The molecule has 2 aromatic carbocycles. The van der Waals surface area contributed by atoms with Crippen molar-refractivity contribution in [3.63, 3.8) is 0 Å². The van der Waals surface area contributed by atoms with Crippen molar-refractivity contribution in [2.75, 3.05) is 27.2 Å². The van der Waals surface area contributed by atoms with Gasteiger partial charge in [0.1, 0.15) is 5.69 Å². The summed E-state index contributed by atoms with van der Waals surface area (Å²) >= 11 is 6.52. The Morgan fingerprint density at radius 2 is 1.85 bits per heavy atom. The van der Waals surface area contributed by atoms with Crippen molar-refractivity contribution >= 4 is 29.4 Å². The Morgan fingerprint density at radius 1 is 1.09 bits per heavy atom. The molecule has 0 bridgehead atoms. The fourth-order valence-electron chi connectivity index (χ4n) is 4.56. The highest BCUT2D eigenvalue weighted by atomic mass is 35.5. The fraction of sp³-hybridized carbons (Fsp3) is 0.231. The van der Waals surface area contributed by atoms with Crippen molar-refractivity contribution < 1.29 is 19.1 Å². The number of hydrogen-bond donors (Lipinski definition) is 0. The van der Waals surface area contributed by atoms with E-state index in [9.17, 15) is 14.4 Å². The topological polar surface area (TPSA) is 79.8 Å². The molecule has 5 rings (SSSR count). The van der Waals surface area contributed by atoms with E-state index in [1.54, 1.807) is 61.6 Å². The number of nitrogens with zero attached hydrogens (tertiary/aromatic N) is 3. The normalized spacial score (nSPS) is 18.7. The number of carbonyl (C=O) groups is 3. The average Bonchev–Trinajstić information content (AvgIpc) is 3.39. The quantitative estimate of drug-likeness (QED) is 0.535. The summed E-state index contributed by atoms with van der Waals surface area (Å²) < 4.78 is 5.75. The largest absolute Gasteiger partial charge is 0.449 e. The summed E-state index contributed by atoms with van der Waals surface area (Å²) in [5.74, 6) is -0.734. The summed E-state index contributed by atoms with van der Waals surface area (Å²) in [5.41, 5.74) is 2.90. The molecule has 1 aromatic heterocycles. The smallest absolute Gasteiger partial charge is 0.339 e. The predicted octanol–water partition coefficient (Wildman–Crippen LogP) is 4.02. The van der Waals surface area contributed by atoms with Crippen LogP contribution >= 0.6 is 11.6 Å². The number of hydrogen-bond acceptors (Lipinski definition) is 5. The molecule has 0 unspecified atom stereocenters. The number of ether oxygens (including phenoxy) is 1. The standard InChI is InChI=1S/C26H22ClN3O4/c1-29(2)24(32)22-10-8-17(14-28-22)16-7-9-19(21(27)13-16)23(31)30-12-11-26(15-30)20-6-4-3-5-18(20)25(33)34-26/h3-10,13-14H,11-12,15H2,1-2H3/t26-/m0/s1. The minimum Gasteiger partial charge on any atom is -0.449 e. The summed E-state index contributed by atoms with van der Waals surface area (Å²) in [6.45, 7) is 0.752. The van der Waals surface area contributed by atoms with Gasteiger partial charge in [0.2, 0.25) is 0 Å². The lowest BCUT2D eigenvalue weighted by Crippen LogP contribution is -2.34. The van der Waals surface area contributed by atoms with E-state index in [0.29, 0.717) is 34.8 Å². The van der Waals surface area contributed by atoms with E-state index in [1.165, 1.54) is 4.90 Å². The van der Waals surface area contributed by atoms with Crippen LogP contribution in [0, 0.1) is 0 Å². The van der Waals surface area contributed by atoms with Gasteiger partial charge in [-0.25, -0.2) is 4.79 Å². The van der Waals surface area contributed by atoms with Gasteiger partial charge >= 0.3 is 5.97 Å². The lowest BCUT2D eigenvalue weighted by atomic mass is 9.91. The van der Waals surface area contributed by atoms with Gasteiger partial charge < -0.3 is 14.5 Å². The van der Waals surface area contributed by atoms with Crippen molar-refractivity contribution in [3.8, 4) is 11.1 Å². The molecule has 1 atom stereocenters. The second kappa shape index (κ2) is 8.25. The van der Waals surface area contributed by atoms with Gasteiger partial charge in [0.15, 0.2) is 5.60 Å². The Morgan fingerprint density at radius 3 is 2.56 bits per heavy atom. The van der Waals surface area contributed by atoms with Crippen LogP contribution in [-0.2, 0) is 10.3 Å². The number of rotatable bonds is 3. The lowest BCUT2D eigenvalue weighted by Gasteiger charge is -2.24. The maximum absolute atomic E-state index is 13.3. The van der Waals surface area contributed by atoms with Crippen molar-refractivity contribution in [2.24, 2.45) is 0 Å². The van der Waals surface area contributed by atoms with Gasteiger partial charge in [-0.15, -0.1) is 0 Å². The number of halogens is 1. The lowest BCUT2D eigenvalue weighted by molar-refractivity contribution is -0.00306. The molecule has 3 heterocycles. The second-order valence-electron chi connectivity index (χ2n) is 8.73. The van der Waals surface area contributed by atoms with Crippen LogP contribution in [-0.4, -0.2) is 59.8 Å². The number of pyridine rings is 1. The van der Waals surface area contributed by atoms with Crippen LogP contribution in [0.5, 0.6) is 0 Å². The van der Waals surface area contributed by atoms with E-state index in [-0.39, 0.29) is 24.3 Å². The van der Waals surface area contributed by atoms with E-state index in [4.69, 9.17) is 16.3 Å². The zero-order chi connectivity index (χ0) is 24.0. The first-order valence-corrected chi connectivity index (χ1v) is 11.3. The Balaban J connectivity index is 1.35. The molecule has 2 aliphatic rings. The SMILES string of the molecule is CN(C)C(=O)c1ccc(-c2ccc(C(=O)N3CC[C@@]4(C3)OC(=O)c3ccccc34)c(Cl)c2)cn1. The van der Waals surface area contributed by atoms with Gasteiger partial charge in [-0.2, -0.15) is 0 Å². The molecule has 8 heteroatoms. The molecule has 172 valence electrons. The average molecular weight is 476 g/mol. The number of benzene rings is 2. The molecule has 0 N–H and O–H groups in total. The molecule has 2 aliphatic heterocycles. The van der Waals surface area contributed by atoms with Crippen LogP contribution < -0.4 is 0 Å². The van der Waals surface area contributed by atoms with Gasteiger partial charge in [0, 0.05) is 44.4 Å². The van der Waals surface area contributed by atoms with E-state index < -0.39 is 5.60 Å². The highest BCUT2D eigenvalue weighted by Crippen LogP contribution is 2.43. The molecule has 1 spiro atoms. The third-order valence-corrected chi connectivity index (χ3v) is 6.68. The molecular formula is C26H22ClN3O4. The number of likely N-dealkylation sites (tertiary alicyclic amines) is 1. The van der Waals surface area contributed by atoms with E-state index in [1.807, 2.05) is 18.2 Å². The zero-order valence-electron chi connectivity index (χ0n) is 18.7. The first-order chi connectivity index (χ1) is 16.3. The molecule has 3 aromatic rings. The molecule has 1 fully saturated rings. The Bertz CT molecular complexity index is 1320. The molecule has 0 saturated carbocycles. The maximum Gasteiger partial charge on any atom is 0.339 e. The van der Waals surface area contributed by atoms with E-state index in [0.717, 1.165) is 16.7 Å². The maximum atomic E-state index is 13.3. The van der Waals surface area contributed by atoms with Crippen molar-refractivity contribution in [2.45, 2.75) is 12.0 Å². The van der Waals surface area contributed by atoms with Gasteiger partial charge in [-0.05, 0) is 29.8 Å². The third-order valence-electron chi connectivity index (χ3n) is 6.37. The van der Waals surface area contributed by atoms with Crippen molar-refractivity contribution in [1.82, 2.24) is 14.8 Å². The number of fused-ring (bicyclic) bond motifs is 2. The Kier molecular flexibility index (Phi) is 5.37. The molecule has 0 aliphatic carbocycles. The van der Waals surface area contributed by atoms with Gasteiger partial charge in [0.05, 0.1) is 22.7 Å². The van der Waals surface area contributed by atoms with Crippen molar-refractivity contribution in [1.29, 1.82) is 0 Å². The van der Waals surface area contributed by atoms with Crippen LogP contribution in [0.2, 0.25) is 5.02 Å². The molecular weight excluding hydrogens is 454 g/mol. The van der Waals surface area contributed by atoms with E-state index in [2.05, 4.69) is 4.98 Å². The minimum atomic E-state index is -0.798. The van der Waals surface area contributed by atoms with Gasteiger partial charge in [-0.3, -0.25) is 14.6 Å². The summed E-state index contributed by atoms with van der Waals surface area (Å²) in [6.07, 6.45) is 2.15. The molecule has 1 saturated heterocycles. The highest BCUT2D eigenvalue weighted by molar-refractivity contribution is 6.34. The zero-order valence-corrected chi connectivity index (χ0v) is 19.5. The second-order valence-corrected chi connectivity index (χ2v) is 9.14. The number of amides is 2. The first-order valence-electron chi connectivity index (χ1n) is 10.9. The van der Waals surface area contributed by atoms with Crippen LogP contribution in [0.4, 0.5) is 0 Å². The molecule has 2 amide bonds. The summed E-state index contributed by atoms with van der Waals surface area (Å²) in [4.78, 5) is 45.0. The number of carbonyl (C=O) groups excluding carboxylic acids is 3. The van der Waals surface area contributed by atoms with Crippen LogP contribution in [0.1, 0.15) is 43.2 Å². The molecule has 0 radical (unpaired) electrons. The van der Waals surface area contributed by atoms with Crippen LogP contribution in [0.15, 0.2) is 60.8 Å². The van der Waals surface area contributed by atoms with Gasteiger partial charge in [0.25, 0.3) is 11.8 Å². The monoisotopic (exact) mass is 475 g/mol. The van der Waals surface area contributed by atoms with Gasteiger partial charge in [-0.1, -0.05) is 41.9 Å². The number of esters is 1. The Hall–Kier alpha value is -3.71. The Labute approximate surface area is 201 Å². The third kappa shape index (κ3) is 3.62. The summed E-state index contributed by atoms with van der Waals surface area (Å²) in [7, 11) is 3.34. The summed E-state index contributed by atoms with van der Waals surface area (Å²) in [6, 6.07) is 16.0. The minimum absolute atomic E-state index is 0.176.